The lowest BCUT2D eigenvalue weighted by Gasteiger charge is -2.36. The van der Waals surface area contributed by atoms with E-state index >= 15 is 0 Å². The second-order valence-electron chi connectivity index (χ2n) is 8.72. The van der Waals surface area contributed by atoms with Crippen molar-refractivity contribution in [2.24, 2.45) is 5.18 Å². The van der Waals surface area contributed by atoms with Gasteiger partial charge in [-0.3, -0.25) is 4.79 Å². The number of nitrogens with zero attached hydrogens (tertiary/aromatic N) is 3. The number of carbonyl (C=O) groups excluding carboxylic acids is 1. The molecule has 4 rings (SSSR count). The molecule has 0 aromatic heterocycles. The van der Waals surface area contributed by atoms with Gasteiger partial charge in [-0.1, -0.05) is 18.2 Å². The van der Waals surface area contributed by atoms with Gasteiger partial charge in [0.1, 0.15) is 12.3 Å². The van der Waals surface area contributed by atoms with Gasteiger partial charge in [-0.2, -0.15) is 0 Å². The smallest absolute Gasteiger partial charge is 0.248 e. The van der Waals surface area contributed by atoms with Crippen LogP contribution in [-0.4, -0.2) is 55.7 Å². The van der Waals surface area contributed by atoms with Crippen LogP contribution in [0.15, 0.2) is 53.7 Å². The fourth-order valence-corrected chi connectivity index (χ4v) is 4.59. The Labute approximate surface area is 189 Å². The number of anilines is 2. The molecule has 1 aliphatic heterocycles. The Morgan fingerprint density at radius 2 is 1.75 bits per heavy atom. The number of para-hydroxylation sites is 1. The topological polar surface area (TPSA) is 74.2 Å². The number of hydrogen-bond donors (Lipinski definition) is 1. The quantitative estimate of drug-likeness (QED) is 0.648. The molecule has 2 aromatic rings. The lowest BCUT2D eigenvalue weighted by atomic mass is 9.92. The Morgan fingerprint density at radius 3 is 2.41 bits per heavy atom. The summed E-state index contributed by atoms with van der Waals surface area (Å²) in [6, 6.07) is 16.4. The van der Waals surface area contributed by atoms with Gasteiger partial charge in [0.2, 0.25) is 5.91 Å². The summed E-state index contributed by atoms with van der Waals surface area (Å²) in [4.78, 5) is 27.6. The standard InChI is InChI=1S/C25H32N4O3/c1-19-17-21(9-12-24(19)27-31)26-20-7-10-23(11-8-20)32-18-25(30)29-15-13-28(14-16-29)22-5-3-2-4-6-22/h2-6,9,12,17,20,23,26H,7-8,10-11,13-16,18H2,1H3. The minimum atomic E-state index is 0.0947. The predicted molar refractivity (Wildman–Crippen MR) is 127 cm³/mol. The Morgan fingerprint density at radius 1 is 1.03 bits per heavy atom. The van der Waals surface area contributed by atoms with E-state index in [4.69, 9.17) is 4.74 Å². The number of rotatable bonds is 7. The average Bonchev–Trinajstić information content (AvgIpc) is 2.84. The second-order valence-corrected chi connectivity index (χ2v) is 8.72. The highest BCUT2D eigenvalue weighted by Gasteiger charge is 2.25. The zero-order valence-corrected chi connectivity index (χ0v) is 18.7. The summed E-state index contributed by atoms with van der Waals surface area (Å²) < 4.78 is 5.98. The largest absolute Gasteiger partial charge is 0.382 e. The number of nitroso groups, excluding NO2 is 1. The molecule has 1 heterocycles. The van der Waals surface area contributed by atoms with Gasteiger partial charge >= 0.3 is 0 Å². The monoisotopic (exact) mass is 436 g/mol. The van der Waals surface area contributed by atoms with Crippen molar-refractivity contribution >= 4 is 23.0 Å². The van der Waals surface area contributed by atoms with Crippen molar-refractivity contribution in [3.05, 3.63) is 59.0 Å². The lowest BCUT2D eigenvalue weighted by molar-refractivity contribution is -0.139. The molecule has 2 aliphatic rings. The fourth-order valence-electron chi connectivity index (χ4n) is 4.59. The van der Waals surface area contributed by atoms with Crippen LogP contribution in [0, 0.1) is 11.8 Å². The van der Waals surface area contributed by atoms with E-state index in [-0.39, 0.29) is 18.6 Å². The molecule has 0 spiro atoms. The van der Waals surface area contributed by atoms with Crippen molar-refractivity contribution in [3.63, 3.8) is 0 Å². The molecule has 7 nitrogen and oxygen atoms in total. The van der Waals surface area contributed by atoms with Gasteiger partial charge in [-0.25, -0.2) is 0 Å². The van der Waals surface area contributed by atoms with Gasteiger partial charge in [-0.15, -0.1) is 4.91 Å². The van der Waals surface area contributed by atoms with Crippen LogP contribution >= 0.6 is 0 Å². The maximum Gasteiger partial charge on any atom is 0.248 e. The summed E-state index contributed by atoms with van der Waals surface area (Å²) in [6.07, 6.45) is 4.04. The van der Waals surface area contributed by atoms with Gasteiger partial charge < -0.3 is 19.9 Å². The lowest BCUT2D eigenvalue weighted by Crippen LogP contribution is -2.50. The van der Waals surface area contributed by atoms with Crippen LogP contribution in [0.2, 0.25) is 0 Å². The van der Waals surface area contributed by atoms with E-state index in [1.165, 1.54) is 5.69 Å². The van der Waals surface area contributed by atoms with E-state index < -0.39 is 0 Å². The number of amides is 1. The van der Waals surface area contributed by atoms with Crippen LogP contribution < -0.4 is 10.2 Å². The van der Waals surface area contributed by atoms with Crippen LogP contribution in [0.5, 0.6) is 0 Å². The number of carbonyl (C=O) groups is 1. The highest BCUT2D eigenvalue weighted by Crippen LogP contribution is 2.27. The third-order valence-corrected chi connectivity index (χ3v) is 6.54. The minimum Gasteiger partial charge on any atom is -0.382 e. The van der Waals surface area contributed by atoms with E-state index in [1.54, 1.807) is 6.07 Å². The summed E-state index contributed by atoms with van der Waals surface area (Å²) in [5.41, 5.74) is 3.60. The zero-order chi connectivity index (χ0) is 22.3. The van der Waals surface area contributed by atoms with Crippen LogP contribution in [0.3, 0.4) is 0 Å². The van der Waals surface area contributed by atoms with Gasteiger partial charge in [0.15, 0.2) is 0 Å². The molecule has 0 atom stereocenters. The van der Waals surface area contributed by atoms with E-state index in [1.807, 2.05) is 42.2 Å². The third kappa shape index (κ3) is 5.65. The van der Waals surface area contributed by atoms with Gasteiger partial charge in [0, 0.05) is 43.6 Å². The van der Waals surface area contributed by atoms with Gasteiger partial charge in [0.25, 0.3) is 0 Å². The number of benzene rings is 2. The maximum absolute atomic E-state index is 12.6. The molecular formula is C25H32N4O3. The van der Waals surface area contributed by atoms with Crippen LogP contribution in [-0.2, 0) is 9.53 Å². The van der Waals surface area contributed by atoms with Crippen LogP contribution in [0.25, 0.3) is 0 Å². The number of piperazine rings is 1. The molecule has 170 valence electrons. The summed E-state index contributed by atoms with van der Waals surface area (Å²) in [5, 5.41) is 6.57. The van der Waals surface area contributed by atoms with Gasteiger partial charge in [0.05, 0.1) is 6.10 Å². The first-order chi connectivity index (χ1) is 15.6. The maximum atomic E-state index is 12.6. The average molecular weight is 437 g/mol. The van der Waals surface area contributed by atoms with Crippen LogP contribution in [0.1, 0.15) is 31.2 Å². The highest BCUT2D eigenvalue weighted by molar-refractivity contribution is 5.77. The molecule has 7 heteroatoms. The number of hydrogen-bond acceptors (Lipinski definition) is 6. The molecule has 0 bridgehead atoms. The number of aryl methyl sites for hydroxylation is 1. The van der Waals surface area contributed by atoms with E-state index in [2.05, 4.69) is 27.5 Å². The molecule has 2 aromatic carbocycles. The molecule has 1 N–H and O–H groups in total. The highest BCUT2D eigenvalue weighted by atomic mass is 16.5. The SMILES string of the molecule is Cc1cc(NC2CCC(OCC(=O)N3CCN(c4ccccc4)CC3)CC2)ccc1N=O. The summed E-state index contributed by atoms with van der Waals surface area (Å²) in [6.45, 7) is 5.27. The first-order valence-corrected chi connectivity index (χ1v) is 11.5. The normalized spacial score (nSPS) is 21.3. The van der Waals surface area contributed by atoms with Crippen molar-refractivity contribution < 1.29 is 9.53 Å². The molecular weight excluding hydrogens is 404 g/mol. The van der Waals surface area contributed by atoms with Crippen molar-refractivity contribution in [2.45, 2.75) is 44.8 Å². The molecule has 32 heavy (non-hydrogen) atoms. The Hall–Kier alpha value is -2.93. The molecule has 1 saturated heterocycles. The Balaban J connectivity index is 1.16. The van der Waals surface area contributed by atoms with E-state index in [0.29, 0.717) is 11.7 Å². The Kier molecular flexibility index (Phi) is 7.37. The molecule has 1 aliphatic carbocycles. The number of ether oxygens (including phenoxy) is 1. The molecule has 2 fully saturated rings. The molecule has 0 radical (unpaired) electrons. The van der Waals surface area contributed by atoms with Crippen molar-refractivity contribution in [2.75, 3.05) is 43.0 Å². The fraction of sp³-hybridized carbons (Fsp3) is 0.480. The number of nitrogens with one attached hydrogen (secondary N) is 1. The van der Waals surface area contributed by atoms with Gasteiger partial charge in [-0.05, 0) is 73.7 Å². The van der Waals surface area contributed by atoms with Crippen molar-refractivity contribution in [1.29, 1.82) is 0 Å². The molecule has 0 unspecified atom stereocenters. The van der Waals surface area contributed by atoms with E-state index in [9.17, 15) is 9.70 Å². The van der Waals surface area contributed by atoms with Crippen molar-refractivity contribution in [3.8, 4) is 0 Å². The first kappa shape index (κ1) is 22.3. The summed E-state index contributed by atoms with van der Waals surface area (Å²) in [7, 11) is 0. The second kappa shape index (κ2) is 10.6. The summed E-state index contributed by atoms with van der Waals surface area (Å²) >= 11 is 0. The molecule has 1 saturated carbocycles. The minimum absolute atomic E-state index is 0.0947. The van der Waals surface area contributed by atoms with Crippen LogP contribution in [0.4, 0.5) is 17.1 Å². The van der Waals surface area contributed by atoms with Crippen molar-refractivity contribution in [1.82, 2.24) is 4.90 Å². The van der Waals surface area contributed by atoms with E-state index in [0.717, 1.165) is 63.1 Å². The Bertz CT molecular complexity index is 905. The third-order valence-electron chi connectivity index (χ3n) is 6.54. The molecule has 1 amide bonds. The summed E-state index contributed by atoms with van der Waals surface area (Å²) in [5.74, 6) is 0.0947. The predicted octanol–water partition coefficient (Wildman–Crippen LogP) is 4.48. The zero-order valence-electron chi connectivity index (χ0n) is 18.7. The first-order valence-electron chi connectivity index (χ1n) is 11.5.